The second-order valence-electron chi connectivity index (χ2n) is 1.92. The van der Waals surface area contributed by atoms with E-state index in [1.807, 2.05) is 0 Å². The largest absolute Gasteiger partial charge is 0.511 e. The van der Waals surface area contributed by atoms with Gasteiger partial charge < -0.3 is 9.84 Å². The van der Waals surface area contributed by atoms with Crippen LogP contribution in [0.15, 0.2) is 27.1 Å². The van der Waals surface area contributed by atoms with Crippen molar-refractivity contribution in [2.24, 2.45) is 0 Å². The number of carbonyl (C=O) groups is 1. The number of benzene rings is 1. The van der Waals surface area contributed by atoms with Crippen LogP contribution in [0.25, 0.3) is 0 Å². The first-order valence-electron chi connectivity index (χ1n) is 2.96. The molecule has 0 aliphatic rings. The van der Waals surface area contributed by atoms with Crippen molar-refractivity contribution in [3.63, 3.8) is 0 Å². The molecule has 3 nitrogen and oxygen atoms in total. The molecule has 0 aromatic heterocycles. The van der Waals surface area contributed by atoms with E-state index in [1.165, 1.54) is 0 Å². The average Bonchev–Trinajstić information content (AvgIpc) is 1.97. The van der Waals surface area contributed by atoms with Crippen LogP contribution in [0.3, 0.4) is 0 Å². The number of carboxylic acid groups (broad SMARTS) is 1. The summed E-state index contributed by atoms with van der Waals surface area (Å²) in [6.07, 6.45) is -1.33. The fourth-order valence-corrected chi connectivity index (χ4v) is 1.83. The Kier molecular flexibility index (Phi) is 3.11. The van der Waals surface area contributed by atoms with Gasteiger partial charge in [0.25, 0.3) is 0 Å². The highest BCUT2D eigenvalue weighted by Crippen LogP contribution is 2.32. The maximum Gasteiger partial charge on any atom is 0.511 e. The molecule has 0 heterocycles. The smallest absolute Gasteiger partial charge is 0.449 e. The van der Waals surface area contributed by atoms with Crippen LogP contribution in [0, 0.1) is 0 Å². The molecule has 0 saturated carbocycles. The zero-order valence-corrected chi connectivity index (χ0v) is 8.92. The van der Waals surface area contributed by atoms with Crippen LogP contribution in [-0.4, -0.2) is 11.3 Å². The Hall–Kier alpha value is -0.550. The second-order valence-corrected chi connectivity index (χ2v) is 3.63. The molecule has 0 spiro atoms. The van der Waals surface area contributed by atoms with Crippen molar-refractivity contribution in [2.75, 3.05) is 0 Å². The summed E-state index contributed by atoms with van der Waals surface area (Å²) in [4.78, 5) is 10.2. The summed E-state index contributed by atoms with van der Waals surface area (Å²) in [5.74, 6) is 0.269. The molecule has 0 fully saturated rings. The van der Waals surface area contributed by atoms with Crippen molar-refractivity contribution in [3.8, 4) is 5.75 Å². The molecule has 0 radical (unpaired) electrons. The summed E-state index contributed by atoms with van der Waals surface area (Å²) in [7, 11) is 0. The predicted octanol–water partition coefficient (Wildman–Crippen LogP) is 3.27. The van der Waals surface area contributed by atoms with Gasteiger partial charge in [-0.2, -0.15) is 0 Å². The molecular formula is C7H4Br2O3. The normalized spacial score (nSPS) is 9.50. The van der Waals surface area contributed by atoms with Crippen molar-refractivity contribution in [3.05, 3.63) is 27.1 Å². The molecule has 1 aromatic carbocycles. The Morgan fingerprint density at radius 1 is 1.33 bits per heavy atom. The maximum absolute atomic E-state index is 10.2. The lowest BCUT2D eigenvalue weighted by Gasteiger charge is -2.03. The Labute approximate surface area is 85.6 Å². The third-order valence-electron chi connectivity index (χ3n) is 1.11. The third-order valence-corrected chi connectivity index (χ3v) is 2.36. The summed E-state index contributed by atoms with van der Waals surface area (Å²) in [5.41, 5.74) is 0. The zero-order valence-electron chi connectivity index (χ0n) is 5.75. The molecule has 64 valence electrons. The molecule has 0 unspecified atom stereocenters. The second kappa shape index (κ2) is 3.91. The minimum atomic E-state index is -1.33. The highest BCUT2D eigenvalue weighted by atomic mass is 79.9. The van der Waals surface area contributed by atoms with Crippen molar-refractivity contribution < 1.29 is 14.6 Å². The predicted molar refractivity (Wildman–Crippen MR) is 50.5 cm³/mol. The zero-order chi connectivity index (χ0) is 9.14. The number of halogens is 2. The third kappa shape index (κ3) is 2.22. The lowest BCUT2D eigenvalue weighted by atomic mass is 10.3. The Balaban J connectivity index is 3.04. The lowest BCUT2D eigenvalue weighted by molar-refractivity contribution is 0.144. The van der Waals surface area contributed by atoms with Gasteiger partial charge in [0.15, 0.2) is 5.75 Å². The number of ether oxygens (including phenoxy) is 1. The van der Waals surface area contributed by atoms with Gasteiger partial charge in [0.05, 0.1) is 8.95 Å². The monoisotopic (exact) mass is 294 g/mol. The van der Waals surface area contributed by atoms with Gasteiger partial charge in [-0.3, -0.25) is 0 Å². The van der Waals surface area contributed by atoms with E-state index in [4.69, 9.17) is 5.11 Å². The molecule has 1 aromatic rings. The van der Waals surface area contributed by atoms with Crippen molar-refractivity contribution in [1.29, 1.82) is 0 Å². The van der Waals surface area contributed by atoms with Crippen LogP contribution in [0.1, 0.15) is 0 Å². The highest BCUT2D eigenvalue weighted by molar-refractivity contribution is 9.11. The minimum absolute atomic E-state index is 0.269. The lowest BCUT2D eigenvalue weighted by Crippen LogP contribution is -2.03. The summed E-state index contributed by atoms with van der Waals surface area (Å²) in [5, 5.41) is 8.35. The molecule has 0 atom stereocenters. The summed E-state index contributed by atoms with van der Waals surface area (Å²) in [6.45, 7) is 0. The van der Waals surface area contributed by atoms with E-state index < -0.39 is 6.16 Å². The number of hydrogen-bond donors (Lipinski definition) is 1. The van der Waals surface area contributed by atoms with Gasteiger partial charge in [-0.15, -0.1) is 0 Å². The maximum atomic E-state index is 10.2. The Morgan fingerprint density at radius 3 is 2.25 bits per heavy atom. The van der Waals surface area contributed by atoms with Crippen molar-refractivity contribution in [2.45, 2.75) is 0 Å². The Morgan fingerprint density at radius 2 is 1.83 bits per heavy atom. The highest BCUT2D eigenvalue weighted by Gasteiger charge is 2.08. The molecule has 0 aliphatic heterocycles. The molecule has 12 heavy (non-hydrogen) atoms. The number of para-hydroxylation sites is 1. The molecular weight excluding hydrogens is 292 g/mol. The number of rotatable bonds is 1. The van der Waals surface area contributed by atoms with Gasteiger partial charge in [0, 0.05) is 0 Å². The minimum Gasteiger partial charge on any atom is -0.449 e. The fraction of sp³-hybridized carbons (Fsp3) is 0. The SMILES string of the molecule is O=C(O)Oc1c(Br)cccc1Br. The van der Waals surface area contributed by atoms with E-state index in [1.54, 1.807) is 18.2 Å². The van der Waals surface area contributed by atoms with Gasteiger partial charge in [0.1, 0.15) is 0 Å². The van der Waals surface area contributed by atoms with E-state index in [0.29, 0.717) is 8.95 Å². The topological polar surface area (TPSA) is 46.5 Å². The molecule has 0 saturated heterocycles. The van der Waals surface area contributed by atoms with E-state index >= 15 is 0 Å². The van der Waals surface area contributed by atoms with E-state index in [9.17, 15) is 4.79 Å². The average molecular weight is 296 g/mol. The van der Waals surface area contributed by atoms with E-state index in [-0.39, 0.29) is 5.75 Å². The summed E-state index contributed by atoms with van der Waals surface area (Å²) in [6, 6.07) is 5.16. The molecule has 0 amide bonds. The molecule has 1 rings (SSSR count). The van der Waals surface area contributed by atoms with Gasteiger partial charge >= 0.3 is 6.16 Å². The van der Waals surface area contributed by atoms with Crippen LogP contribution in [0.2, 0.25) is 0 Å². The van der Waals surface area contributed by atoms with Crippen molar-refractivity contribution >= 4 is 38.0 Å². The van der Waals surface area contributed by atoms with Crippen LogP contribution in [-0.2, 0) is 0 Å². The van der Waals surface area contributed by atoms with E-state index in [2.05, 4.69) is 36.6 Å². The molecule has 5 heteroatoms. The van der Waals surface area contributed by atoms with Crippen LogP contribution >= 0.6 is 31.9 Å². The standard InChI is InChI=1S/C7H4Br2O3/c8-4-2-1-3-5(9)6(4)12-7(10)11/h1-3H,(H,10,11). The first-order chi connectivity index (χ1) is 5.61. The van der Waals surface area contributed by atoms with E-state index in [0.717, 1.165) is 0 Å². The van der Waals surface area contributed by atoms with Crippen LogP contribution < -0.4 is 4.74 Å². The molecule has 0 aliphatic carbocycles. The molecule has 1 N–H and O–H groups in total. The number of hydrogen-bond acceptors (Lipinski definition) is 2. The first kappa shape index (κ1) is 9.54. The van der Waals surface area contributed by atoms with Crippen LogP contribution in [0.5, 0.6) is 5.75 Å². The van der Waals surface area contributed by atoms with Gasteiger partial charge in [0.2, 0.25) is 0 Å². The van der Waals surface area contributed by atoms with Gasteiger partial charge in [-0.25, -0.2) is 4.79 Å². The van der Waals surface area contributed by atoms with Gasteiger partial charge in [-0.1, -0.05) is 6.07 Å². The van der Waals surface area contributed by atoms with Gasteiger partial charge in [-0.05, 0) is 44.0 Å². The molecule has 0 bridgehead atoms. The van der Waals surface area contributed by atoms with Crippen molar-refractivity contribution in [1.82, 2.24) is 0 Å². The fourth-order valence-electron chi connectivity index (χ4n) is 0.667. The Bertz CT molecular complexity index is 291. The summed E-state index contributed by atoms with van der Waals surface area (Å²) >= 11 is 6.31. The summed E-state index contributed by atoms with van der Waals surface area (Å²) < 4.78 is 5.69. The first-order valence-corrected chi connectivity index (χ1v) is 4.54. The quantitative estimate of drug-likeness (QED) is 0.639. The van der Waals surface area contributed by atoms with Crippen LogP contribution in [0.4, 0.5) is 4.79 Å².